The molecule has 14 heavy (non-hydrogen) atoms. The van der Waals surface area contributed by atoms with Gasteiger partial charge in [-0.25, -0.2) is 0 Å². The van der Waals surface area contributed by atoms with Crippen LogP contribution in [0.1, 0.15) is 12.5 Å². The summed E-state index contributed by atoms with van der Waals surface area (Å²) in [5.74, 6) is 0. The SMILES string of the molecule is C=C(C)NCc1ccc2cc[nH]c2c1. The van der Waals surface area contributed by atoms with E-state index in [0.717, 1.165) is 12.2 Å². The molecule has 0 radical (unpaired) electrons. The van der Waals surface area contributed by atoms with Gasteiger partial charge in [0.05, 0.1) is 0 Å². The summed E-state index contributed by atoms with van der Waals surface area (Å²) in [5.41, 5.74) is 3.45. The molecule has 2 aromatic rings. The van der Waals surface area contributed by atoms with Gasteiger partial charge in [-0.15, -0.1) is 0 Å². The standard InChI is InChI=1S/C12H14N2/c1-9(2)14-8-10-3-4-11-5-6-13-12(11)7-10/h3-7,13-14H,1,8H2,2H3. The van der Waals surface area contributed by atoms with Crippen LogP contribution < -0.4 is 5.32 Å². The first-order valence-electron chi connectivity index (χ1n) is 4.71. The van der Waals surface area contributed by atoms with E-state index in [0.29, 0.717) is 0 Å². The van der Waals surface area contributed by atoms with Crippen LogP contribution in [0.25, 0.3) is 10.9 Å². The molecule has 1 aromatic heterocycles. The van der Waals surface area contributed by atoms with Gasteiger partial charge >= 0.3 is 0 Å². The molecule has 0 aliphatic heterocycles. The molecular weight excluding hydrogens is 172 g/mol. The minimum atomic E-state index is 0.838. The van der Waals surface area contributed by atoms with Crippen molar-refractivity contribution in [3.8, 4) is 0 Å². The maximum Gasteiger partial charge on any atom is 0.0457 e. The van der Waals surface area contributed by atoms with E-state index in [1.165, 1.54) is 16.5 Å². The Bertz CT molecular complexity index is 454. The molecule has 1 heterocycles. The van der Waals surface area contributed by atoms with Crippen molar-refractivity contribution in [1.29, 1.82) is 0 Å². The Kier molecular flexibility index (Phi) is 2.27. The van der Waals surface area contributed by atoms with Crippen LogP contribution in [0.15, 0.2) is 42.7 Å². The van der Waals surface area contributed by atoms with Crippen LogP contribution in [0.5, 0.6) is 0 Å². The molecule has 72 valence electrons. The van der Waals surface area contributed by atoms with E-state index in [-0.39, 0.29) is 0 Å². The minimum Gasteiger partial charge on any atom is -0.385 e. The van der Waals surface area contributed by atoms with Crippen LogP contribution in [0, 0.1) is 0 Å². The molecule has 2 rings (SSSR count). The molecule has 2 N–H and O–H groups in total. The number of nitrogens with one attached hydrogen (secondary N) is 2. The number of aromatic nitrogens is 1. The zero-order chi connectivity index (χ0) is 9.97. The summed E-state index contributed by atoms with van der Waals surface area (Å²) in [7, 11) is 0. The van der Waals surface area contributed by atoms with Crippen molar-refractivity contribution in [2.24, 2.45) is 0 Å². The van der Waals surface area contributed by atoms with Crippen molar-refractivity contribution < 1.29 is 0 Å². The Morgan fingerprint density at radius 3 is 3.07 bits per heavy atom. The molecule has 0 spiro atoms. The summed E-state index contributed by atoms with van der Waals surface area (Å²) >= 11 is 0. The van der Waals surface area contributed by atoms with Crippen molar-refractivity contribution >= 4 is 10.9 Å². The molecule has 0 aliphatic carbocycles. The van der Waals surface area contributed by atoms with Crippen molar-refractivity contribution in [1.82, 2.24) is 10.3 Å². The number of allylic oxidation sites excluding steroid dienone is 1. The van der Waals surface area contributed by atoms with Gasteiger partial charge in [-0.3, -0.25) is 0 Å². The zero-order valence-electron chi connectivity index (χ0n) is 8.30. The first kappa shape index (κ1) is 8.88. The maximum atomic E-state index is 3.80. The first-order chi connectivity index (χ1) is 6.75. The maximum absolute atomic E-state index is 3.80. The number of rotatable bonds is 3. The van der Waals surface area contributed by atoms with Gasteiger partial charge in [-0.05, 0) is 30.0 Å². The van der Waals surface area contributed by atoms with E-state index in [1.807, 2.05) is 13.1 Å². The zero-order valence-corrected chi connectivity index (χ0v) is 8.30. The summed E-state index contributed by atoms with van der Waals surface area (Å²) in [6, 6.07) is 8.49. The second-order valence-corrected chi connectivity index (χ2v) is 3.53. The lowest BCUT2D eigenvalue weighted by molar-refractivity contribution is 0.817. The Morgan fingerprint density at radius 1 is 1.43 bits per heavy atom. The van der Waals surface area contributed by atoms with Crippen LogP contribution in [0.4, 0.5) is 0 Å². The quantitative estimate of drug-likeness (QED) is 0.758. The highest BCUT2D eigenvalue weighted by Gasteiger charge is 1.96. The summed E-state index contributed by atoms with van der Waals surface area (Å²) in [6.07, 6.45) is 1.96. The predicted octanol–water partition coefficient (Wildman–Crippen LogP) is 2.79. The highest BCUT2D eigenvalue weighted by molar-refractivity contribution is 5.79. The first-order valence-corrected chi connectivity index (χ1v) is 4.71. The normalized spacial score (nSPS) is 10.4. The van der Waals surface area contributed by atoms with Gasteiger partial charge in [0.2, 0.25) is 0 Å². The highest BCUT2D eigenvalue weighted by Crippen LogP contribution is 2.13. The molecule has 1 aromatic carbocycles. The molecule has 0 amide bonds. The monoisotopic (exact) mass is 186 g/mol. The Balaban J connectivity index is 2.21. The number of hydrogen-bond donors (Lipinski definition) is 2. The number of benzene rings is 1. The van der Waals surface area contributed by atoms with Crippen LogP contribution in [0.2, 0.25) is 0 Å². The summed E-state index contributed by atoms with van der Waals surface area (Å²) in [4.78, 5) is 3.20. The molecule has 0 unspecified atom stereocenters. The predicted molar refractivity (Wildman–Crippen MR) is 60.0 cm³/mol. The molecule has 0 saturated heterocycles. The van der Waals surface area contributed by atoms with Gasteiger partial charge < -0.3 is 10.3 Å². The highest BCUT2D eigenvalue weighted by atomic mass is 14.9. The summed E-state index contributed by atoms with van der Waals surface area (Å²) in [6.45, 7) is 6.61. The van der Waals surface area contributed by atoms with Crippen LogP contribution in [-0.2, 0) is 6.54 Å². The minimum absolute atomic E-state index is 0.838. The average Bonchev–Trinajstić information content (AvgIpc) is 2.61. The number of aromatic amines is 1. The van der Waals surface area contributed by atoms with Crippen LogP contribution in [-0.4, -0.2) is 4.98 Å². The van der Waals surface area contributed by atoms with E-state index in [9.17, 15) is 0 Å². The third-order valence-electron chi connectivity index (χ3n) is 2.21. The number of fused-ring (bicyclic) bond motifs is 1. The molecule has 2 nitrogen and oxygen atoms in total. The molecule has 0 fully saturated rings. The van der Waals surface area contributed by atoms with Gasteiger partial charge in [0.1, 0.15) is 0 Å². The van der Waals surface area contributed by atoms with Crippen molar-refractivity contribution in [3.05, 3.63) is 48.3 Å². The average molecular weight is 186 g/mol. The van der Waals surface area contributed by atoms with Crippen LogP contribution in [0.3, 0.4) is 0 Å². The molecular formula is C12H14N2. The lowest BCUT2D eigenvalue weighted by Gasteiger charge is -2.04. The van der Waals surface area contributed by atoms with E-state index >= 15 is 0 Å². The van der Waals surface area contributed by atoms with Gasteiger partial charge in [0, 0.05) is 24.0 Å². The summed E-state index contributed by atoms with van der Waals surface area (Å²) in [5, 5.41) is 4.46. The fraction of sp³-hybridized carbons (Fsp3) is 0.167. The van der Waals surface area contributed by atoms with E-state index in [4.69, 9.17) is 0 Å². The molecule has 0 bridgehead atoms. The Labute approximate surface area is 83.6 Å². The van der Waals surface area contributed by atoms with Gasteiger partial charge in [-0.2, -0.15) is 0 Å². The third kappa shape index (κ3) is 1.79. The molecule has 0 saturated carbocycles. The fourth-order valence-corrected chi connectivity index (χ4v) is 1.46. The molecule has 0 atom stereocenters. The van der Waals surface area contributed by atoms with Crippen molar-refractivity contribution in [2.45, 2.75) is 13.5 Å². The lowest BCUT2D eigenvalue weighted by atomic mass is 10.1. The largest absolute Gasteiger partial charge is 0.385 e. The second kappa shape index (κ2) is 3.58. The van der Waals surface area contributed by atoms with E-state index in [1.54, 1.807) is 0 Å². The Morgan fingerprint density at radius 2 is 2.29 bits per heavy atom. The number of hydrogen-bond acceptors (Lipinski definition) is 1. The number of H-pyrrole nitrogens is 1. The Hall–Kier alpha value is -1.70. The molecule has 2 heteroatoms. The van der Waals surface area contributed by atoms with Gasteiger partial charge in [-0.1, -0.05) is 18.7 Å². The molecule has 0 aliphatic rings. The van der Waals surface area contributed by atoms with Crippen molar-refractivity contribution in [2.75, 3.05) is 0 Å². The smallest absolute Gasteiger partial charge is 0.0457 e. The van der Waals surface area contributed by atoms with Crippen LogP contribution >= 0.6 is 0 Å². The van der Waals surface area contributed by atoms with E-state index in [2.05, 4.69) is 41.1 Å². The third-order valence-corrected chi connectivity index (χ3v) is 2.21. The van der Waals surface area contributed by atoms with Gasteiger partial charge in [0.15, 0.2) is 0 Å². The topological polar surface area (TPSA) is 27.8 Å². The lowest BCUT2D eigenvalue weighted by Crippen LogP contribution is -2.08. The summed E-state index contributed by atoms with van der Waals surface area (Å²) < 4.78 is 0. The fourth-order valence-electron chi connectivity index (χ4n) is 1.46. The van der Waals surface area contributed by atoms with Gasteiger partial charge in [0.25, 0.3) is 0 Å². The van der Waals surface area contributed by atoms with E-state index < -0.39 is 0 Å². The second-order valence-electron chi connectivity index (χ2n) is 3.53. The van der Waals surface area contributed by atoms with Crippen molar-refractivity contribution in [3.63, 3.8) is 0 Å².